The van der Waals surface area contributed by atoms with E-state index in [2.05, 4.69) is 11.1 Å². The SMILES string of the molecule is COc1ccc2c(c1)OC1=CC3OCC3C=CC1=N2. The van der Waals surface area contributed by atoms with Crippen molar-refractivity contribution in [2.75, 3.05) is 13.7 Å². The predicted octanol–water partition coefficient (Wildman–Crippen LogP) is 2.63. The number of ether oxygens (including phenoxy) is 3. The highest BCUT2D eigenvalue weighted by Gasteiger charge is 2.32. The molecule has 0 aromatic heterocycles. The Labute approximate surface area is 111 Å². The van der Waals surface area contributed by atoms with E-state index in [0.717, 1.165) is 35.3 Å². The van der Waals surface area contributed by atoms with E-state index in [1.54, 1.807) is 7.11 Å². The third-order valence-corrected chi connectivity index (χ3v) is 3.60. The fourth-order valence-electron chi connectivity index (χ4n) is 2.41. The van der Waals surface area contributed by atoms with Gasteiger partial charge in [-0.05, 0) is 24.3 Å². The smallest absolute Gasteiger partial charge is 0.156 e. The van der Waals surface area contributed by atoms with Gasteiger partial charge in [-0.3, -0.25) is 0 Å². The van der Waals surface area contributed by atoms with E-state index < -0.39 is 0 Å². The average molecular weight is 255 g/mol. The van der Waals surface area contributed by atoms with Crippen LogP contribution >= 0.6 is 0 Å². The summed E-state index contributed by atoms with van der Waals surface area (Å²) in [7, 11) is 1.64. The minimum atomic E-state index is 0.117. The van der Waals surface area contributed by atoms with Crippen LogP contribution in [-0.2, 0) is 4.74 Å². The fourth-order valence-corrected chi connectivity index (χ4v) is 2.41. The van der Waals surface area contributed by atoms with Crippen LogP contribution in [0.5, 0.6) is 11.5 Å². The fraction of sp³-hybridized carbons (Fsp3) is 0.267. The van der Waals surface area contributed by atoms with E-state index in [1.165, 1.54) is 0 Å². The van der Waals surface area contributed by atoms with E-state index in [0.29, 0.717) is 5.92 Å². The molecule has 1 aromatic rings. The Hall–Kier alpha value is -2.07. The first-order chi connectivity index (χ1) is 9.33. The van der Waals surface area contributed by atoms with Crippen LogP contribution in [-0.4, -0.2) is 25.5 Å². The maximum atomic E-state index is 5.93. The summed E-state index contributed by atoms with van der Waals surface area (Å²) in [5.41, 5.74) is 1.68. The normalized spacial score (nSPS) is 26.6. The minimum Gasteiger partial charge on any atom is -0.497 e. The highest BCUT2D eigenvalue weighted by atomic mass is 16.5. The second kappa shape index (κ2) is 3.96. The number of methoxy groups -OCH3 is 1. The molecule has 19 heavy (non-hydrogen) atoms. The zero-order valence-electron chi connectivity index (χ0n) is 10.5. The average Bonchev–Trinajstić information content (AvgIpc) is 2.53. The third-order valence-electron chi connectivity index (χ3n) is 3.60. The third kappa shape index (κ3) is 1.68. The maximum Gasteiger partial charge on any atom is 0.156 e. The Balaban J connectivity index is 1.79. The molecular formula is C15H13NO3. The van der Waals surface area contributed by atoms with Crippen LogP contribution in [0.3, 0.4) is 0 Å². The number of allylic oxidation sites excluding steroid dienone is 1. The highest BCUT2D eigenvalue weighted by Crippen LogP contribution is 2.38. The van der Waals surface area contributed by atoms with Crippen LogP contribution in [0, 0.1) is 5.92 Å². The Morgan fingerprint density at radius 1 is 1.37 bits per heavy atom. The molecule has 1 aromatic carbocycles. The van der Waals surface area contributed by atoms with Gasteiger partial charge in [0.1, 0.15) is 17.1 Å². The number of nitrogens with zero attached hydrogens (tertiary/aromatic N) is 1. The summed E-state index contributed by atoms with van der Waals surface area (Å²) in [6.45, 7) is 0.777. The Morgan fingerprint density at radius 3 is 3.11 bits per heavy atom. The molecule has 4 heteroatoms. The Morgan fingerprint density at radius 2 is 2.32 bits per heavy atom. The van der Waals surface area contributed by atoms with E-state index in [9.17, 15) is 0 Å². The van der Waals surface area contributed by atoms with Crippen LogP contribution in [0.15, 0.2) is 47.2 Å². The molecule has 1 fully saturated rings. The molecule has 1 saturated heterocycles. The molecule has 0 spiro atoms. The van der Waals surface area contributed by atoms with E-state index in [4.69, 9.17) is 14.2 Å². The molecular weight excluding hydrogens is 242 g/mol. The summed E-state index contributed by atoms with van der Waals surface area (Å²) in [5, 5.41) is 0. The number of hydrogen-bond acceptors (Lipinski definition) is 4. The van der Waals surface area contributed by atoms with Gasteiger partial charge in [-0.15, -0.1) is 0 Å². The second-order valence-electron chi connectivity index (χ2n) is 4.78. The first kappa shape index (κ1) is 10.8. The van der Waals surface area contributed by atoms with E-state index in [-0.39, 0.29) is 6.10 Å². The maximum absolute atomic E-state index is 5.93. The lowest BCUT2D eigenvalue weighted by Crippen LogP contribution is -2.36. The van der Waals surface area contributed by atoms with E-state index in [1.807, 2.05) is 30.4 Å². The van der Waals surface area contributed by atoms with Crippen molar-refractivity contribution < 1.29 is 14.2 Å². The second-order valence-corrected chi connectivity index (χ2v) is 4.78. The van der Waals surface area contributed by atoms with Crippen molar-refractivity contribution in [1.29, 1.82) is 0 Å². The van der Waals surface area contributed by atoms with Crippen molar-refractivity contribution >= 4 is 11.4 Å². The molecule has 4 nitrogen and oxygen atoms in total. The largest absolute Gasteiger partial charge is 0.497 e. The van der Waals surface area contributed by atoms with Crippen molar-refractivity contribution in [3.05, 3.63) is 42.2 Å². The first-order valence-corrected chi connectivity index (χ1v) is 6.30. The zero-order chi connectivity index (χ0) is 12.8. The highest BCUT2D eigenvalue weighted by molar-refractivity contribution is 6.10. The van der Waals surface area contributed by atoms with Crippen molar-refractivity contribution in [2.24, 2.45) is 10.9 Å². The molecule has 2 atom stereocenters. The van der Waals surface area contributed by atoms with Crippen LogP contribution in [0.25, 0.3) is 0 Å². The first-order valence-electron chi connectivity index (χ1n) is 6.30. The topological polar surface area (TPSA) is 40.0 Å². The van der Waals surface area contributed by atoms with Crippen molar-refractivity contribution in [3.8, 4) is 11.5 Å². The quantitative estimate of drug-likeness (QED) is 0.774. The Bertz CT molecular complexity index is 630. The van der Waals surface area contributed by atoms with Gasteiger partial charge in [0.25, 0.3) is 0 Å². The summed E-state index contributed by atoms with van der Waals surface area (Å²) in [6, 6.07) is 5.64. The number of rotatable bonds is 1. The predicted molar refractivity (Wildman–Crippen MR) is 71.2 cm³/mol. The monoisotopic (exact) mass is 255 g/mol. The molecule has 3 aliphatic rings. The lowest BCUT2D eigenvalue weighted by Gasteiger charge is -2.31. The van der Waals surface area contributed by atoms with Gasteiger partial charge in [0, 0.05) is 12.0 Å². The van der Waals surface area contributed by atoms with Crippen molar-refractivity contribution in [1.82, 2.24) is 0 Å². The summed E-state index contributed by atoms with van der Waals surface area (Å²) < 4.78 is 16.6. The summed E-state index contributed by atoms with van der Waals surface area (Å²) in [4.78, 5) is 4.62. The summed E-state index contributed by atoms with van der Waals surface area (Å²) in [6.07, 6.45) is 6.29. The summed E-state index contributed by atoms with van der Waals surface area (Å²) >= 11 is 0. The minimum absolute atomic E-state index is 0.117. The zero-order valence-corrected chi connectivity index (χ0v) is 10.5. The molecule has 2 unspecified atom stereocenters. The van der Waals surface area contributed by atoms with E-state index >= 15 is 0 Å². The molecule has 0 bridgehead atoms. The van der Waals surface area contributed by atoms with Gasteiger partial charge in [-0.2, -0.15) is 0 Å². The molecule has 96 valence electrons. The van der Waals surface area contributed by atoms with Gasteiger partial charge in [0.2, 0.25) is 0 Å². The Kier molecular flexibility index (Phi) is 2.26. The van der Waals surface area contributed by atoms with Gasteiger partial charge < -0.3 is 14.2 Å². The molecule has 2 heterocycles. The van der Waals surface area contributed by atoms with Gasteiger partial charge in [-0.1, -0.05) is 6.08 Å². The van der Waals surface area contributed by atoms with Crippen LogP contribution < -0.4 is 9.47 Å². The van der Waals surface area contributed by atoms with Gasteiger partial charge in [-0.25, -0.2) is 4.99 Å². The van der Waals surface area contributed by atoms with Gasteiger partial charge in [0.05, 0.1) is 19.8 Å². The van der Waals surface area contributed by atoms with Crippen LogP contribution in [0.1, 0.15) is 0 Å². The molecule has 0 saturated carbocycles. The van der Waals surface area contributed by atoms with Gasteiger partial charge in [0.15, 0.2) is 11.5 Å². The summed E-state index contributed by atoms with van der Waals surface area (Å²) in [5.74, 6) is 2.70. The van der Waals surface area contributed by atoms with Crippen LogP contribution in [0.2, 0.25) is 0 Å². The number of benzene rings is 1. The van der Waals surface area contributed by atoms with Crippen molar-refractivity contribution in [2.45, 2.75) is 6.10 Å². The number of aliphatic imine (C=N–C) groups is 1. The van der Waals surface area contributed by atoms with Crippen molar-refractivity contribution in [3.63, 3.8) is 0 Å². The lowest BCUT2D eigenvalue weighted by molar-refractivity contribution is -0.0626. The van der Waals surface area contributed by atoms with Gasteiger partial charge >= 0.3 is 0 Å². The van der Waals surface area contributed by atoms with Crippen LogP contribution in [0.4, 0.5) is 5.69 Å². The molecule has 0 amide bonds. The lowest BCUT2D eigenvalue weighted by atomic mass is 9.98. The number of hydrogen-bond donors (Lipinski definition) is 0. The number of fused-ring (bicyclic) bond motifs is 3. The molecule has 0 N–H and O–H groups in total. The molecule has 2 aliphatic heterocycles. The standard InChI is InChI=1S/C15H13NO3/c1-17-10-3-5-12-14(6-10)19-15-7-13-9(8-18-13)2-4-11(15)16-12/h2-7,9,13H,8H2,1H3. The molecule has 1 aliphatic carbocycles. The molecule has 4 rings (SSSR count). The molecule has 0 radical (unpaired) electrons.